The van der Waals surface area contributed by atoms with Gasteiger partial charge in [0.2, 0.25) is 0 Å². The Bertz CT molecular complexity index is 1230. The molecule has 1 heteroatoms. The molecule has 0 aromatic heterocycles. The zero-order valence-electron chi connectivity index (χ0n) is 11.8. The first-order valence-corrected chi connectivity index (χ1v) is 7.43. The van der Waals surface area contributed by atoms with Gasteiger partial charge in [-0.3, -0.25) is 4.79 Å². The average Bonchev–Trinajstić information content (AvgIpc) is 2.94. The van der Waals surface area contributed by atoms with Gasteiger partial charge in [-0.15, -0.1) is 0 Å². The van der Waals surface area contributed by atoms with Crippen molar-refractivity contribution in [1.82, 2.24) is 0 Å². The van der Waals surface area contributed by atoms with Crippen LogP contribution in [0.5, 0.6) is 0 Å². The van der Waals surface area contributed by atoms with E-state index in [0.717, 1.165) is 21.7 Å². The summed E-state index contributed by atoms with van der Waals surface area (Å²) in [7, 11) is 0. The van der Waals surface area contributed by atoms with Crippen LogP contribution in [-0.4, -0.2) is 5.78 Å². The van der Waals surface area contributed by atoms with Crippen molar-refractivity contribution in [3.05, 3.63) is 92.7 Å². The highest BCUT2D eigenvalue weighted by Gasteiger charge is 2.19. The lowest BCUT2D eigenvalue weighted by molar-refractivity contribution is 0.104. The third kappa shape index (κ3) is 1.35. The minimum atomic E-state index is 0.101. The van der Waals surface area contributed by atoms with Gasteiger partial charge in [0.25, 0.3) is 0 Å². The van der Waals surface area contributed by atoms with Crippen molar-refractivity contribution in [2.24, 2.45) is 0 Å². The van der Waals surface area contributed by atoms with Crippen LogP contribution in [0.4, 0.5) is 0 Å². The maximum Gasteiger partial charge on any atom is 0.187 e. The fourth-order valence-corrected chi connectivity index (χ4v) is 3.68. The van der Waals surface area contributed by atoms with Crippen molar-refractivity contribution in [1.29, 1.82) is 0 Å². The van der Waals surface area contributed by atoms with Crippen LogP contribution in [0.15, 0.2) is 60.7 Å². The van der Waals surface area contributed by atoms with E-state index in [1.54, 1.807) is 6.08 Å². The van der Waals surface area contributed by atoms with Crippen LogP contribution in [0.3, 0.4) is 0 Å². The molecule has 1 nitrogen and oxygen atoms in total. The Hall–Kier alpha value is -2.93. The fourth-order valence-electron chi connectivity index (χ4n) is 3.68. The quantitative estimate of drug-likeness (QED) is 0.484. The van der Waals surface area contributed by atoms with E-state index in [2.05, 4.69) is 48.6 Å². The van der Waals surface area contributed by atoms with Gasteiger partial charge in [0.15, 0.2) is 5.78 Å². The molecule has 5 rings (SSSR count). The molecule has 3 aromatic rings. The second-order valence-corrected chi connectivity index (χ2v) is 5.74. The van der Waals surface area contributed by atoms with Crippen LogP contribution >= 0.6 is 0 Å². The lowest BCUT2D eigenvalue weighted by atomic mass is 9.91. The Morgan fingerprint density at radius 2 is 1.59 bits per heavy atom. The monoisotopic (exact) mass is 280 g/mol. The summed E-state index contributed by atoms with van der Waals surface area (Å²) in [6, 6.07) is 16.7. The zero-order valence-corrected chi connectivity index (χ0v) is 11.8. The Labute approximate surface area is 126 Å². The summed E-state index contributed by atoms with van der Waals surface area (Å²) in [5.41, 5.74) is 1.91. The van der Waals surface area contributed by atoms with Gasteiger partial charge in [0, 0.05) is 5.56 Å². The average molecular weight is 280 g/mol. The van der Waals surface area contributed by atoms with Crippen LogP contribution in [0, 0.1) is 10.4 Å². The van der Waals surface area contributed by atoms with Gasteiger partial charge < -0.3 is 0 Å². The Morgan fingerprint density at radius 3 is 2.50 bits per heavy atom. The third-order valence-electron chi connectivity index (χ3n) is 4.58. The molecular formula is C21H12O. The van der Waals surface area contributed by atoms with E-state index >= 15 is 0 Å². The number of benzene rings is 3. The molecule has 0 saturated heterocycles. The van der Waals surface area contributed by atoms with Crippen LogP contribution in [0.1, 0.15) is 15.9 Å². The predicted octanol–water partition coefficient (Wildman–Crippen LogP) is 2.80. The first kappa shape index (κ1) is 11.7. The maximum absolute atomic E-state index is 12.5. The number of carbonyl (C=O) groups is 1. The molecule has 102 valence electrons. The molecule has 22 heavy (non-hydrogen) atoms. The molecule has 0 amide bonds. The number of carbonyl (C=O) groups excluding carboxylic acids is 1. The molecule has 0 spiro atoms. The molecule has 0 atom stereocenters. The highest BCUT2D eigenvalue weighted by atomic mass is 16.1. The molecule has 0 N–H and O–H groups in total. The second kappa shape index (κ2) is 4.05. The third-order valence-corrected chi connectivity index (χ3v) is 4.58. The highest BCUT2D eigenvalue weighted by molar-refractivity contribution is 6.12. The maximum atomic E-state index is 12.5. The summed E-state index contributed by atoms with van der Waals surface area (Å²) in [5.74, 6) is 0.101. The zero-order chi connectivity index (χ0) is 14.7. The SMILES string of the molecule is O=C1C=CC=c2c1c1c(c3ccccc23)=c2ccccc2=C1. The largest absolute Gasteiger partial charge is 0.289 e. The van der Waals surface area contributed by atoms with Crippen molar-refractivity contribution in [2.45, 2.75) is 0 Å². The summed E-state index contributed by atoms with van der Waals surface area (Å²) in [4.78, 5) is 12.5. The summed E-state index contributed by atoms with van der Waals surface area (Å²) >= 11 is 0. The van der Waals surface area contributed by atoms with Crippen molar-refractivity contribution < 1.29 is 4.79 Å². The fraction of sp³-hybridized carbons (Fsp3) is 0. The Morgan fingerprint density at radius 1 is 0.818 bits per heavy atom. The van der Waals surface area contributed by atoms with Crippen LogP contribution < -0.4 is 10.4 Å². The molecule has 0 radical (unpaired) electrons. The number of hydrogen-bond acceptors (Lipinski definition) is 1. The highest BCUT2D eigenvalue weighted by Crippen LogP contribution is 2.23. The lowest BCUT2D eigenvalue weighted by Gasteiger charge is -2.11. The van der Waals surface area contributed by atoms with Gasteiger partial charge in [-0.2, -0.15) is 0 Å². The van der Waals surface area contributed by atoms with E-state index in [9.17, 15) is 4.79 Å². The molecule has 0 heterocycles. The van der Waals surface area contributed by atoms with Crippen molar-refractivity contribution in [3.8, 4) is 0 Å². The van der Waals surface area contributed by atoms with Crippen LogP contribution in [0.25, 0.3) is 22.9 Å². The molecular weight excluding hydrogens is 268 g/mol. The standard InChI is InChI=1S/C21H12O/c22-19-11-5-10-17-15-8-3-4-9-16(15)20-14-7-2-1-6-13(14)12-18(20)21(17)19/h1-12H. The minimum Gasteiger partial charge on any atom is -0.289 e. The normalized spacial score (nSPS) is 14.1. The van der Waals surface area contributed by atoms with Crippen molar-refractivity contribution in [3.63, 3.8) is 0 Å². The summed E-state index contributed by atoms with van der Waals surface area (Å²) in [6.45, 7) is 0. The first-order valence-electron chi connectivity index (χ1n) is 7.43. The Kier molecular flexibility index (Phi) is 2.15. The number of ketones is 1. The topological polar surface area (TPSA) is 17.1 Å². The second-order valence-electron chi connectivity index (χ2n) is 5.74. The van der Waals surface area contributed by atoms with Crippen LogP contribution in [-0.2, 0) is 0 Å². The molecule has 0 aliphatic heterocycles. The molecule has 3 aromatic carbocycles. The molecule has 0 unspecified atom stereocenters. The van der Waals surface area contributed by atoms with Crippen molar-refractivity contribution in [2.75, 3.05) is 0 Å². The van der Waals surface area contributed by atoms with E-state index < -0.39 is 0 Å². The molecule has 0 bridgehead atoms. The summed E-state index contributed by atoms with van der Waals surface area (Å²) in [6.07, 6.45) is 7.72. The van der Waals surface area contributed by atoms with Gasteiger partial charge in [0.1, 0.15) is 0 Å². The van der Waals surface area contributed by atoms with Crippen molar-refractivity contribution >= 4 is 28.7 Å². The molecule has 0 saturated carbocycles. The van der Waals surface area contributed by atoms with E-state index in [1.165, 1.54) is 21.0 Å². The molecule has 2 aliphatic carbocycles. The van der Waals surface area contributed by atoms with Gasteiger partial charge >= 0.3 is 0 Å². The van der Waals surface area contributed by atoms with Gasteiger partial charge in [-0.25, -0.2) is 0 Å². The smallest absolute Gasteiger partial charge is 0.187 e. The number of allylic oxidation sites excluding steroid dienone is 2. The van der Waals surface area contributed by atoms with E-state index in [0.29, 0.717) is 0 Å². The van der Waals surface area contributed by atoms with Gasteiger partial charge in [-0.05, 0) is 49.4 Å². The van der Waals surface area contributed by atoms with Gasteiger partial charge in [0.05, 0.1) is 0 Å². The van der Waals surface area contributed by atoms with E-state index in [-0.39, 0.29) is 5.78 Å². The number of fused-ring (bicyclic) bond motifs is 7. The predicted molar refractivity (Wildman–Crippen MR) is 88.8 cm³/mol. The van der Waals surface area contributed by atoms with E-state index in [1.807, 2.05) is 18.2 Å². The summed E-state index contributed by atoms with van der Waals surface area (Å²) < 4.78 is 0. The van der Waals surface area contributed by atoms with E-state index in [4.69, 9.17) is 0 Å². The summed E-state index contributed by atoms with van der Waals surface area (Å²) in [5, 5.41) is 7.03. The van der Waals surface area contributed by atoms with Gasteiger partial charge in [-0.1, -0.05) is 60.7 Å². The minimum absolute atomic E-state index is 0.101. The first-order chi connectivity index (χ1) is 10.8. The van der Waals surface area contributed by atoms with Crippen LogP contribution in [0.2, 0.25) is 0 Å². The number of rotatable bonds is 0. The molecule has 0 fully saturated rings. The molecule has 2 aliphatic rings. The lowest BCUT2D eigenvalue weighted by Crippen LogP contribution is -2.19. The Balaban J connectivity index is 2.24. The number of hydrogen-bond donors (Lipinski definition) is 0.